The normalized spacial score (nSPS) is 6.92. The summed E-state index contributed by atoms with van der Waals surface area (Å²) < 4.78 is 18.8. The summed E-state index contributed by atoms with van der Waals surface area (Å²) in [6.07, 6.45) is 0. The third-order valence-electron chi connectivity index (χ3n) is 0.345. The van der Waals surface area contributed by atoms with Crippen molar-refractivity contribution in [2.75, 3.05) is 12.1 Å². The fourth-order valence-corrected chi connectivity index (χ4v) is 0.927. The fourth-order valence-electron chi connectivity index (χ4n) is 0.131. The molecule has 3 nitrogen and oxygen atoms in total. The second-order valence-electron chi connectivity index (χ2n) is 0.757. The first-order valence-corrected chi connectivity index (χ1v) is 4.02. The van der Waals surface area contributed by atoms with E-state index in [9.17, 15) is 4.57 Å². The van der Waals surface area contributed by atoms with Crippen molar-refractivity contribution in [1.29, 1.82) is 0 Å². The molecule has 0 fully saturated rings. The number of halogens is 2. The van der Waals surface area contributed by atoms with Gasteiger partial charge in [0.2, 0.25) is 0 Å². The van der Waals surface area contributed by atoms with Gasteiger partial charge in [0.1, 0.15) is 12.1 Å². The van der Waals surface area contributed by atoms with E-state index in [2.05, 4.69) is 9.05 Å². The molecule has 0 heterocycles. The molecule has 0 aliphatic carbocycles. The standard InChI is InChI=1S/C2H5Cl2O3P.4Na.4H/c3-1-6-8(5)7-2-4;;;;;;;;/h8H,1-2H2;;;;;;;;. The van der Waals surface area contributed by atoms with Crippen LogP contribution in [0.1, 0.15) is 0 Å². The molecular formula is C2H9Cl2Na4O3P. The van der Waals surface area contributed by atoms with E-state index in [1.54, 1.807) is 0 Å². The predicted molar refractivity (Wildman–Crippen MR) is 61.2 cm³/mol. The molecule has 0 spiro atoms. The SMILES string of the molecule is O=[PH](OCCl)OCCl.[NaH].[NaH].[NaH].[NaH]. The zero-order chi connectivity index (χ0) is 6.41. The summed E-state index contributed by atoms with van der Waals surface area (Å²) in [6, 6.07) is -0.261. The Labute approximate surface area is 171 Å². The van der Waals surface area contributed by atoms with Gasteiger partial charge in [-0.25, -0.2) is 0 Å². The van der Waals surface area contributed by atoms with Crippen molar-refractivity contribution in [3.05, 3.63) is 0 Å². The molecule has 0 bridgehead atoms. The molecule has 0 atom stereocenters. The molecule has 0 aromatic rings. The quantitative estimate of drug-likeness (QED) is 0.383. The molecular weight excluding hydrogens is 266 g/mol. The monoisotopic (exact) mass is 274 g/mol. The molecule has 0 saturated carbocycles. The Hall–Kier alpha value is 4.73. The van der Waals surface area contributed by atoms with Gasteiger partial charge >= 0.3 is 126 Å². The van der Waals surface area contributed by atoms with E-state index in [1.807, 2.05) is 0 Å². The molecule has 0 N–H and O–H groups in total. The minimum absolute atomic E-state index is 0. The van der Waals surface area contributed by atoms with E-state index in [0.29, 0.717) is 0 Å². The summed E-state index contributed by atoms with van der Waals surface area (Å²) in [7, 11) is -2.41. The second kappa shape index (κ2) is 24.8. The topological polar surface area (TPSA) is 35.5 Å². The van der Waals surface area contributed by atoms with Crippen molar-refractivity contribution < 1.29 is 13.6 Å². The fraction of sp³-hybridized carbons (Fsp3) is 1.00. The van der Waals surface area contributed by atoms with E-state index < -0.39 is 8.25 Å². The van der Waals surface area contributed by atoms with Crippen LogP contribution in [0.5, 0.6) is 0 Å². The summed E-state index contributed by atoms with van der Waals surface area (Å²) in [5.74, 6) is 0. The summed E-state index contributed by atoms with van der Waals surface area (Å²) in [5, 5.41) is 0. The third-order valence-corrected chi connectivity index (χ3v) is 1.69. The van der Waals surface area contributed by atoms with Crippen LogP contribution < -0.4 is 0 Å². The zero-order valence-electron chi connectivity index (χ0n) is 3.89. The van der Waals surface area contributed by atoms with Gasteiger partial charge in [0.15, 0.2) is 0 Å². The first-order chi connectivity index (χ1) is 3.81. The molecule has 0 aliphatic heterocycles. The predicted octanol–water partition coefficient (Wildman–Crippen LogP) is -0.792. The summed E-state index contributed by atoms with van der Waals surface area (Å²) in [4.78, 5) is 0. The molecule has 0 aromatic carbocycles. The van der Waals surface area contributed by atoms with E-state index in [0.717, 1.165) is 0 Å². The van der Waals surface area contributed by atoms with Crippen LogP contribution in [0.3, 0.4) is 0 Å². The van der Waals surface area contributed by atoms with Gasteiger partial charge in [-0.2, -0.15) is 0 Å². The number of hydrogen-bond donors (Lipinski definition) is 0. The van der Waals surface area contributed by atoms with Crippen LogP contribution in [0, 0.1) is 0 Å². The maximum absolute atomic E-state index is 10.2. The van der Waals surface area contributed by atoms with Crippen molar-refractivity contribution >= 4 is 150 Å². The van der Waals surface area contributed by atoms with Crippen LogP contribution >= 0.6 is 31.5 Å². The van der Waals surface area contributed by atoms with E-state index in [4.69, 9.17) is 23.2 Å². The Bertz CT molecular complexity index is 80.7. The Morgan fingerprint density at radius 3 is 1.33 bits per heavy atom. The van der Waals surface area contributed by atoms with Gasteiger partial charge in [0.05, 0.1) is 0 Å². The molecule has 0 radical (unpaired) electrons. The minimum atomic E-state index is -2.41. The average Bonchev–Trinajstić information content (AvgIpc) is 1.68. The van der Waals surface area contributed by atoms with Crippen molar-refractivity contribution in [2.45, 2.75) is 0 Å². The van der Waals surface area contributed by atoms with Gasteiger partial charge in [0, 0.05) is 0 Å². The molecule has 0 aromatic heterocycles. The van der Waals surface area contributed by atoms with Crippen LogP contribution in [-0.4, -0.2) is 130 Å². The first-order valence-electron chi connectivity index (χ1n) is 1.72. The van der Waals surface area contributed by atoms with Gasteiger partial charge in [-0.1, -0.05) is 23.2 Å². The molecule has 10 heteroatoms. The summed E-state index contributed by atoms with van der Waals surface area (Å²) >= 11 is 10.0. The van der Waals surface area contributed by atoms with Crippen molar-refractivity contribution in [3.63, 3.8) is 0 Å². The molecule has 0 unspecified atom stereocenters. The number of rotatable bonds is 4. The summed E-state index contributed by atoms with van der Waals surface area (Å²) in [6.45, 7) is 0. The third kappa shape index (κ3) is 24.1. The Balaban J connectivity index is -0.0000000408. The van der Waals surface area contributed by atoms with Gasteiger partial charge < -0.3 is 0 Å². The van der Waals surface area contributed by atoms with Crippen LogP contribution in [0.4, 0.5) is 0 Å². The number of alkyl halides is 2. The van der Waals surface area contributed by atoms with Crippen LogP contribution in [0.2, 0.25) is 0 Å². The second-order valence-corrected chi connectivity index (χ2v) is 2.27. The Kier molecular flexibility index (Phi) is 62.2. The van der Waals surface area contributed by atoms with Crippen molar-refractivity contribution in [1.82, 2.24) is 0 Å². The van der Waals surface area contributed by atoms with Gasteiger partial charge in [0.25, 0.3) is 0 Å². The Morgan fingerprint density at radius 2 is 1.17 bits per heavy atom. The molecule has 58 valence electrons. The first kappa shape index (κ1) is 30.1. The van der Waals surface area contributed by atoms with Crippen molar-refractivity contribution in [3.8, 4) is 0 Å². The van der Waals surface area contributed by atoms with Gasteiger partial charge in [-0.15, -0.1) is 0 Å². The molecule has 0 rings (SSSR count). The molecule has 0 amide bonds. The van der Waals surface area contributed by atoms with Crippen LogP contribution in [0.15, 0.2) is 0 Å². The van der Waals surface area contributed by atoms with E-state index >= 15 is 0 Å². The van der Waals surface area contributed by atoms with Crippen molar-refractivity contribution in [2.24, 2.45) is 0 Å². The maximum atomic E-state index is 10.2. The van der Waals surface area contributed by atoms with Gasteiger partial charge in [-0.3, -0.25) is 13.6 Å². The van der Waals surface area contributed by atoms with E-state index in [-0.39, 0.29) is 130 Å². The van der Waals surface area contributed by atoms with Crippen LogP contribution in [0.25, 0.3) is 0 Å². The van der Waals surface area contributed by atoms with Crippen LogP contribution in [-0.2, 0) is 13.6 Å². The molecule has 0 saturated heterocycles. The average molecular weight is 275 g/mol. The summed E-state index contributed by atoms with van der Waals surface area (Å²) in [5.41, 5.74) is 0. The van der Waals surface area contributed by atoms with E-state index in [1.165, 1.54) is 0 Å². The molecule has 12 heavy (non-hydrogen) atoms. The molecule has 0 aliphatic rings. The number of hydrogen-bond acceptors (Lipinski definition) is 3. The van der Waals surface area contributed by atoms with Gasteiger partial charge in [-0.05, 0) is 0 Å². The Morgan fingerprint density at radius 1 is 0.917 bits per heavy atom. The zero-order valence-corrected chi connectivity index (χ0v) is 6.41.